The van der Waals surface area contributed by atoms with Gasteiger partial charge < -0.3 is 4.90 Å². The molecule has 0 saturated carbocycles. The lowest BCUT2D eigenvalue weighted by Crippen LogP contribution is -2.23. The first-order chi connectivity index (χ1) is 11.7. The maximum atomic E-state index is 4.88. The molecule has 1 aliphatic rings. The lowest BCUT2D eigenvalue weighted by Gasteiger charge is -2.20. The molecule has 0 saturated heterocycles. The highest BCUT2D eigenvalue weighted by Crippen LogP contribution is 2.31. The van der Waals surface area contributed by atoms with Crippen molar-refractivity contribution in [3.63, 3.8) is 0 Å². The third-order valence-electron chi connectivity index (χ3n) is 4.61. The first kappa shape index (κ1) is 15.4. The quantitative estimate of drug-likeness (QED) is 0.724. The van der Waals surface area contributed by atoms with Crippen LogP contribution in [-0.4, -0.2) is 36.5 Å². The molecular weight excluding hydrogens is 322 g/mol. The van der Waals surface area contributed by atoms with E-state index in [1.165, 1.54) is 23.4 Å². The number of anilines is 1. The molecule has 3 aromatic rings. The van der Waals surface area contributed by atoms with E-state index < -0.39 is 0 Å². The van der Waals surface area contributed by atoms with E-state index in [0.717, 1.165) is 47.4 Å². The molecule has 0 aromatic carbocycles. The molecule has 0 fully saturated rings. The van der Waals surface area contributed by atoms with Crippen LogP contribution in [0.15, 0.2) is 6.33 Å². The van der Waals surface area contributed by atoms with Gasteiger partial charge in [-0.05, 0) is 32.1 Å². The molecule has 0 N–H and O–H groups in total. The number of hydrogen-bond acceptors (Lipinski definition) is 7. The molecular formula is C16H21N7S. The summed E-state index contributed by atoms with van der Waals surface area (Å²) in [5.41, 5.74) is 2.80. The monoisotopic (exact) mass is 343 g/mol. The molecule has 0 bridgehead atoms. The maximum Gasteiger partial charge on any atom is 0.183 e. The van der Waals surface area contributed by atoms with Gasteiger partial charge >= 0.3 is 0 Å². The second kappa shape index (κ2) is 6.08. The third-order valence-corrected chi connectivity index (χ3v) is 5.71. The predicted molar refractivity (Wildman–Crippen MR) is 94.1 cm³/mol. The van der Waals surface area contributed by atoms with Gasteiger partial charge in [-0.3, -0.25) is 0 Å². The lowest BCUT2D eigenvalue weighted by atomic mass is 9.93. The highest BCUT2D eigenvalue weighted by molar-refractivity contribution is 7.11. The summed E-state index contributed by atoms with van der Waals surface area (Å²) in [5.74, 6) is 1.60. The molecule has 3 heterocycles. The number of rotatable bonds is 4. The summed E-state index contributed by atoms with van der Waals surface area (Å²) in [6.07, 6.45) is 5.11. The van der Waals surface area contributed by atoms with E-state index in [4.69, 9.17) is 4.98 Å². The number of aromatic nitrogens is 6. The number of hydrogen-bond donors (Lipinski definition) is 0. The smallest absolute Gasteiger partial charge is 0.183 e. The van der Waals surface area contributed by atoms with Gasteiger partial charge in [0, 0.05) is 18.5 Å². The summed E-state index contributed by atoms with van der Waals surface area (Å²) in [5, 5.41) is 9.46. The van der Waals surface area contributed by atoms with Crippen molar-refractivity contribution in [3.8, 4) is 0 Å². The SMILES string of the molecule is CCN(Cc1nc2c(s1)CC(C)CC2)c1ncnc2c1nnn2C. The molecule has 8 heteroatoms. The van der Waals surface area contributed by atoms with Crippen LogP contribution in [0.2, 0.25) is 0 Å². The summed E-state index contributed by atoms with van der Waals surface area (Å²) in [6.45, 7) is 6.04. The van der Waals surface area contributed by atoms with Crippen molar-refractivity contribution in [2.45, 2.75) is 39.7 Å². The Kier molecular flexibility index (Phi) is 3.91. The van der Waals surface area contributed by atoms with Crippen molar-refractivity contribution >= 4 is 28.3 Å². The molecule has 24 heavy (non-hydrogen) atoms. The van der Waals surface area contributed by atoms with Gasteiger partial charge in [-0.2, -0.15) is 0 Å². The fourth-order valence-electron chi connectivity index (χ4n) is 3.23. The molecule has 0 spiro atoms. The highest BCUT2D eigenvalue weighted by atomic mass is 32.1. The van der Waals surface area contributed by atoms with E-state index in [0.29, 0.717) is 0 Å². The van der Waals surface area contributed by atoms with Gasteiger partial charge in [0.15, 0.2) is 17.0 Å². The summed E-state index contributed by atoms with van der Waals surface area (Å²) in [7, 11) is 1.85. The zero-order valence-corrected chi connectivity index (χ0v) is 15.0. The maximum absolute atomic E-state index is 4.88. The number of fused-ring (bicyclic) bond motifs is 2. The molecule has 126 valence electrons. The van der Waals surface area contributed by atoms with E-state index in [9.17, 15) is 0 Å². The van der Waals surface area contributed by atoms with Crippen molar-refractivity contribution in [1.29, 1.82) is 0 Å². The summed E-state index contributed by atoms with van der Waals surface area (Å²) in [6, 6.07) is 0. The zero-order valence-electron chi connectivity index (χ0n) is 14.2. The molecule has 1 aliphatic carbocycles. The van der Waals surface area contributed by atoms with E-state index in [2.05, 4.69) is 39.0 Å². The Bertz CT molecular complexity index is 869. The first-order valence-corrected chi connectivity index (χ1v) is 9.20. The zero-order chi connectivity index (χ0) is 16.7. The van der Waals surface area contributed by atoms with Gasteiger partial charge in [0.05, 0.1) is 12.2 Å². The van der Waals surface area contributed by atoms with Gasteiger partial charge in [0.25, 0.3) is 0 Å². The normalized spacial score (nSPS) is 17.2. The van der Waals surface area contributed by atoms with E-state index in [-0.39, 0.29) is 0 Å². The van der Waals surface area contributed by atoms with Crippen molar-refractivity contribution < 1.29 is 0 Å². The van der Waals surface area contributed by atoms with Gasteiger partial charge in [0.1, 0.15) is 11.3 Å². The molecule has 0 amide bonds. The second-order valence-corrected chi connectivity index (χ2v) is 7.59. The van der Waals surface area contributed by atoms with Crippen LogP contribution in [0.3, 0.4) is 0 Å². The largest absolute Gasteiger partial charge is 0.348 e. The van der Waals surface area contributed by atoms with Gasteiger partial charge in [-0.1, -0.05) is 12.1 Å². The standard InChI is InChI=1S/C16H21N7S/c1-4-23(16-14-15(17-9-18-16)22(3)21-20-14)8-13-19-11-6-5-10(2)7-12(11)24-13/h9-10H,4-8H2,1-3H3. The summed E-state index contributed by atoms with van der Waals surface area (Å²) >= 11 is 1.85. The molecule has 1 atom stereocenters. The minimum Gasteiger partial charge on any atom is -0.348 e. The average molecular weight is 343 g/mol. The van der Waals surface area contributed by atoms with Crippen LogP contribution in [0.4, 0.5) is 5.82 Å². The van der Waals surface area contributed by atoms with E-state index >= 15 is 0 Å². The fourth-order valence-corrected chi connectivity index (χ4v) is 4.53. The van der Waals surface area contributed by atoms with Crippen LogP contribution >= 0.6 is 11.3 Å². The lowest BCUT2D eigenvalue weighted by molar-refractivity contribution is 0.501. The molecule has 3 aromatic heterocycles. The van der Waals surface area contributed by atoms with Gasteiger partial charge in [-0.25, -0.2) is 19.6 Å². The Morgan fingerprint density at radius 3 is 3.08 bits per heavy atom. The molecule has 4 rings (SSSR count). The number of thiazole rings is 1. The van der Waals surface area contributed by atoms with E-state index in [1.54, 1.807) is 11.0 Å². The van der Waals surface area contributed by atoms with Crippen LogP contribution in [0.5, 0.6) is 0 Å². The van der Waals surface area contributed by atoms with Gasteiger partial charge in [0.2, 0.25) is 0 Å². The van der Waals surface area contributed by atoms with Crippen LogP contribution in [0, 0.1) is 5.92 Å². The van der Waals surface area contributed by atoms with E-state index in [1.807, 2.05) is 18.4 Å². The Balaban J connectivity index is 1.64. The summed E-state index contributed by atoms with van der Waals surface area (Å²) in [4.78, 5) is 17.3. The van der Waals surface area contributed by atoms with Crippen molar-refractivity contribution in [3.05, 3.63) is 21.9 Å². The van der Waals surface area contributed by atoms with Gasteiger partial charge in [-0.15, -0.1) is 16.4 Å². The molecule has 0 aliphatic heterocycles. The van der Waals surface area contributed by atoms with Crippen LogP contribution in [0.25, 0.3) is 11.2 Å². The Morgan fingerprint density at radius 1 is 1.38 bits per heavy atom. The minimum atomic E-state index is 0.747. The molecule has 7 nitrogen and oxygen atoms in total. The summed E-state index contributed by atoms with van der Waals surface area (Å²) < 4.78 is 1.68. The second-order valence-electron chi connectivity index (χ2n) is 6.42. The van der Waals surface area contributed by atoms with Crippen molar-refractivity contribution in [2.75, 3.05) is 11.4 Å². The number of nitrogens with zero attached hydrogens (tertiary/aromatic N) is 7. The topological polar surface area (TPSA) is 72.6 Å². The average Bonchev–Trinajstić information content (AvgIpc) is 3.15. The minimum absolute atomic E-state index is 0.747. The Morgan fingerprint density at radius 2 is 2.25 bits per heavy atom. The first-order valence-electron chi connectivity index (χ1n) is 8.38. The highest BCUT2D eigenvalue weighted by Gasteiger charge is 2.22. The van der Waals surface area contributed by atoms with Crippen LogP contribution in [0.1, 0.15) is 35.8 Å². The molecule has 1 unspecified atom stereocenters. The van der Waals surface area contributed by atoms with Crippen molar-refractivity contribution in [2.24, 2.45) is 13.0 Å². The molecule has 0 radical (unpaired) electrons. The number of aryl methyl sites for hydroxylation is 2. The van der Waals surface area contributed by atoms with Crippen molar-refractivity contribution in [1.82, 2.24) is 29.9 Å². The third kappa shape index (κ3) is 2.64. The predicted octanol–water partition coefficient (Wildman–Crippen LogP) is 2.37. The fraction of sp³-hybridized carbons (Fsp3) is 0.562. The Hall–Kier alpha value is -2.09. The Labute approximate surface area is 144 Å². The van der Waals surface area contributed by atoms with Crippen LogP contribution < -0.4 is 4.90 Å². The van der Waals surface area contributed by atoms with Crippen LogP contribution in [-0.2, 0) is 26.4 Å².